The summed E-state index contributed by atoms with van der Waals surface area (Å²) < 4.78 is 5.52. The standard InChI is InChI=1S/C19H13ClN4O4/c20-15-3-1-2-14(10-15)19(25)23-22-11-13-4-7-17(8-5-13)28-18-9-6-16(12-21-18)24(26)27/h1-12H,(H,23,25). The first kappa shape index (κ1) is 19.0. The molecule has 2 aromatic carbocycles. The van der Waals surface area contributed by atoms with E-state index in [9.17, 15) is 14.9 Å². The van der Waals surface area contributed by atoms with Gasteiger partial charge in [-0.2, -0.15) is 5.10 Å². The van der Waals surface area contributed by atoms with Gasteiger partial charge in [0, 0.05) is 22.7 Å². The van der Waals surface area contributed by atoms with E-state index in [1.807, 2.05) is 0 Å². The lowest BCUT2D eigenvalue weighted by atomic mass is 10.2. The molecule has 0 saturated carbocycles. The number of aromatic nitrogens is 1. The van der Waals surface area contributed by atoms with Crippen LogP contribution in [0, 0.1) is 10.1 Å². The van der Waals surface area contributed by atoms with Gasteiger partial charge in [0.1, 0.15) is 11.9 Å². The molecule has 1 heterocycles. The van der Waals surface area contributed by atoms with Crippen LogP contribution < -0.4 is 10.2 Å². The number of halogens is 1. The molecule has 0 atom stereocenters. The lowest BCUT2D eigenvalue weighted by Gasteiger charge is -2.04. The fourth-order valence-electron chi connectivity index (χ4n) is 2.14. The number of carbonyl (C=O) groups excluding carboxylic acids is 1. The van der Waals surface area contributed by atoms with Crippen molar-refractivity contribution in [2.75, 3.05) is 0 Å². The summed E-state index contributed by atoms with van der Waals surface area (Å²) in [5.74, 6) is 0.366. The van der Waals surface area contributed by atoms with Crippen molar-refractivity contribution in [3.63, 3.8) is 0 Å². The first-order valence-electron chi connectivity index (χ1n) is 7.98. The minimum absolute atomic E-state index is 0.112. The first-order valence-corrected chi connectivity index (χ1v) is 8.36. The van der Waals surface area contributed by atoms with Gasteiger partial charge in [0.25, 0.3) is 11.6 Å². The second-order valence-electron chi connectivity index (χ2n) is 5.49. The van der Waals surface area contributed by atoms with E-state index in [1.165, 1.54) is 18.3 Å². The fraction of sp³-hybridized carbons (Fsp3) is 0. The molecular formula is C19H13ClN4O4. The number of hydrogen-bond acceptors (Lipinski definition) is 6. The number of hydrazone groups is 1. The molecule has 1 N–H and O–H groups in total. The molecule has 0 aliphatic heterocycles. The van der Waals surface area contributed by atoms with Crippen molar-refractivity contribution in [1.29, 1.82) is 0 Å². The summed E-state index contributed by atoms with van der Waals surface area (Å²) in [4.78, 5) is 25.9. The van der Waals surface area contributed by atoms with Crippen molar-refractivity contribution in [2.45, 2.75) is 0 Å². The van der Waals surface area contributed by atoms with Gasteiger partial charge in [-0.25, -0.2) is 10.4 Å². The molecule has 0 spiro atoms. The summed E-state index contributed by atoms with van der Waals surface area (Å²) in [7, 11) is 0. The number of pyridine rings is 1. The Morgan fingerprint density at radius 2 is 1.96 bits per heavy atom. The van der Waals surface area contributed by atoms with Crippen LogP contribution >= 0.6 is 11.6 Å². The van der Waals surface area contributed by atoms with Crippen LogP contribution in [0.3, 0.4) is 0 Å². The normalized spacial score (nSPS) is 10.6. The number of nitrogens with one attached hydrogen (secondary N) is 1. The van der Waals surface area contributed by atoms with Gasteiger partial charge in [-0.3, -0.25) is 14.9 Å². The number of carbonyl (C=O) groups is 1. The number of rotatable bonds is 6. The molecule has 3 rings (SSSR count). The van der Waals surface area contributed by atoms with Crippen LogP contribution in [-0.2, 0) is 0 Å². The van der Waals surface area contributed by atoms with E-state index in [-0.39, 0.29) is 17.5 Å². The molecule has 0 aliphatic carbocycles. The maximum Gasteiger partial charge on any atom is 0.287 e. The number of nitrogens with zero attached hydrogens (tertiary/aromatic N) is 3. The van der Waals surface area contributed by atoms with E-state index < -0.39 is 4.92 Å². The summed E-state index contributed by atoms with van der Waals surface area (Å²) in [6, 6.07) is 16.1. The quantitative estimate of drug-likeness (QED) is 0.381. The Hall–Kier alpha value is -3.78. The van der Waals surface area contributed by atoms with E-state index in [0.29, 0.717) is 16.3 Å². The molecule has 0 aliphatic rings. The molecule has 8 nitrogen and oxygen atoms in total. The second-order valence-corrected chi connectivity index (χ2v) is 5.93. The Balaban J connectivity index is 1.57. The molecule has 9 heteroatoms. The van der Waals surface area contributed by atoms with E-state index in [4.69, 9.17) is 16.3 Å². The topological polar surface area (TPSA) is 107 Å². The lowest BCUT2D eigenvalue weighted by Crippen LogP contribution is -2.17. The zero-order valence-electron chi connectivity index (χ0n) is 14.3. The second kappa shape index (κ2) is 8.74. The zero-order chi connectivity index (χ0) is 19.9. The van der Waals surface area contributed by atoms with E-state index in [2.05, 4.69) is 15.5 Å². The first-order chi connectivity index (χ1) is 13.5. The largest absolute Gasteiger partial charge is 0.439 e. The van der Waals surface area contributed by atoms with E-state index in [0.717, 1.165) is 11.8 Å². The van der Waals surface area contributed by atoms with Crippen molar-refractivity contribution in [3.8, 4) is 11.6 Å². The van der Waals surface area contributed by atoms with Crippen LogP contribution in [0.15, 0.2) is 72.0 Å². The minimum atomic E-state index is -0.532. The third-order valence-electron chi connectivity index (χ3n) is 3.50. The van der Waals surface area contributed by atoms with Crippen molar-refractivity contribution in [2.24, 2.45) is 5.10 Å². The van der Waals surface area contributed by atoms with Crippen LogP contribution in [-0.4, -0.2) is 22.0 Å². The van der Waals surface area contributed by atoms with Crippen molar-refractivity contribution in [3.05, 3.63) is 93.1 Å². The SMILES string of the molecule is O=C(NN=Cc1ccc(Oc2ccc([N+](=O)[O-])cn2)cc1)c1cccc(Cl)c1. The Morgan fingerprint density at radius 3 is 2.61 bits per heavy atom. The number of hydrogen-bond donors (Lipinski definition) is 1. The van der Waals surface area contributed by atoms with Gasteiger partial charge in [0.05, 0.1) is 11.1 Å². The van der Waals surface area contributed by atoms with Crippen molar-refractivity contribution in [1.82, 2.24) is 10.4 Å². The number of nitro groups is 1. The number of amides is 1. The monoisotopic (exact) mass is 396 g/mol. The molecule has 28 heavy (non-hydrogen) atoms. The Kier molecular flexibility index (Phi) is 5.93. The van der Waals surface area contributed by atoms with Crippen LogP contribution in [0.2, 0.25) is 5.02 Å². The molecule has 0 fully saturated rings. The summed E-state index contributed by atoms with van der Waals surface area (Å²) >= 11 is 5.85. The van der Waals surface area contributed by atoms with Gasteiger partial charge in [-0.1, -0.05) is 17.7 Å². The van der Waals surface area contributed by atoms with Crippen LogP contribution in [0.4, 0.5) is 5.69 Å². The average molecular weight is 397 g/mol. The third kappa shape index (κ3) is 5.12. The van der Waals surface area contributed by atoms with Crippen LogP contribution in [0.25, 0.3) is 0 Å². The van der Waals surface area contributed by atoms with Crippen molar-refractivity contribution < 1.29 is 14.5 Å². The third-order valence-corrected chi connectivity index (χ3v) is 3.74. The van der Waals surface area contributed by atoms with Crippen LogP contribution in [0.5, 0.6) is 11.6 Å². The van der Waals surface area contributed by atoms with Gasteiger partial charge in [0.15, 0.2) is 0 Å². The maximum atomic E-state index is 12.0. The molecule has 0 saturated heterocycles. The fourth-order valence-corrected chi connectivity index (χ4v) is 2.33. The van der Waals surface area contributed by atoms with Gasteiger partial charge in [-0.05, 0) is 48.0 Å². The Bertz CT molecular complexity index is 1020. The molecule has 1 amide bonds. The maximum absolute atomic E-state index is 12.0. The predicted molar refractivity (Wildman–Crippen MR) is 104 cm³/mol. The number of benzene rings is 2. The number of ether oxygens (including phenoxy) is 1. The average Bonchev–Trinajstić information content (AvgIpc) is 2.69. The molecule has 0 bridgehead atoms. The Morgan fingerprint density at radius 1 is 1.18 bits per heavy atom. The van der Waals surface area contributed by atoms with Crippen LogP contribution in [0.1, 0.15) is 15.9 Å². The highest BCUT2D eigenvalue weighted by molar-refractivity contribution is 6.30. The molecule has 1 aromatic heterocycles. The molecule has 0 unspecified atom stereocenters. The smallest absolute Gasteiger partial charge is 0.287 e. The van der Waals surface area contributed by atoms with Gasteiger partial charge < -0.3 is 4.74 Å². The molecule has 140 valence electrons. The summed E-state index contributed by atoms with van der Waals surface area (Å²) in [5.41, 5.74) is 3.45. The molecular weight excluding hydrogens is 384 g/mol. The molecule has 0 radical (unpaired) electrons. The van der Waals surface area contributed by atoms with Gasteiger partial charge >= 0.3 is 0 Å². The minimum Gasteiger partial charge on any atom is -0.439 e. The molecule has 3 aromatic rings. The highest BCUT2D eigenvalue weighted by Gasteiger charge is 2.07. The van der Waals surface area contributed by atoms with Crippen molar-refractivity contribution >= 4 is 29.4 Å². The lowest BCUT2D eigenvalue weighted by molar-refractivity contribution is -0.385. The van der Waals surface area contributed by atoms with E-state index in [1.54, 1.807) is 48.5 Å². The van der Waals surface area contributed by atoms with Gasteiger partial charge in [-0.15, -0.1) is 0 Å². The van der Waals surface area contributed by atoms with E-state index >= 15 is 0 Å². The van der Waals surface area contributed by atoms with Gasteiger partial charge in [0.2, 0.25) is 5.88 Å². The summed E-state index contributed by atoms with van der Waals surface area (Å²) in [5, 5.41) is 15.0. The Labute approximate surface area is 164 Å². The zero-order valence-corrected chi connectivity index (χ0v) is 15.0. The summed E-state index contributed by atoms with van der Waals surface area (Å²) in [6.45, 7) is 0. The predicted octanol–water partition coefficient (Wildman–Crippen LogP) is 4.20. The highest BCUT2D eigenvalue weighted by atomic mass is 35.5. The summed E-state index contributed by atoms with van der Waals surface area (Å²) in [6.07, 6.45) is 2.61. The highest BCUT2D eigenvalue weighted by Crippen LogP contribution is 2.21.